The number of benzene rings is 1. The van der Waals surface area contributed by atoms with E-state index in [0.29, 0.717) is 12.0 Å². The third-order valence-corrected chi connectivity index (χ3v) is 6.29. The summed E-state index contributed by atoms with van der Waals surface area (Å²) in [6.45, 7) is 0.563. The number of ether oxygens (including phenoxy) is 2. The Morgan fingerprint density at radius 2 is 2.04 bits per heavy atom. The minimum Gasteiger partial charge on any atom is -0.496 e. The Hall–Kier alpha value is -1.07. The number of carboxylic acid groups (broad SMARTS) is 1. The quantitative estimate of drug-likeness (QED) is 0.676. The average Bonchev–Trinajstić information content (AvgIpc) is 3.09. The summed E-state index contributed by atoms with van der Waals surface area (Å²) in [7, 11) is 1.68. The predicted molar refractivity (Wildman–Crippen MR) is 95.2 cm³/mol. The summed E-state index contributed by atoms with van der Waals surface area (Å²) in [4.78, 5) is 10.7. The van der Waals surface area contributed by atoms with Crippen molar-refractivity contribution in [2.45, 2.75) is 63.6 Å². The van der Waals surface area contributed by atoms with Crippen molar-refractivity contribution in [3.8, 4) is 5.75 Å². The van der Waals surface area contributed by atoms with Crippen molar-refractivity contribution in [2.24, 2.45) is 5.41 Å². The molecule has 132 valence electrons. The summed E-state index contributed by atoms with van der Waals surface area (Å²) in [5.41, 5.74) is 1.37. The van der Waals surface area contributed by atoms with Gasteiger partial charge < -0.3 is 14.6 Å². The summed E-state index contributed by atoms with van der Waals surface area (Å²) in [6.07, 6.45) is 7.69. The van der Waals surface area contributed by atoms with Crippen molar-refractivity contribution in [3.05, 3.63) is 28.2 Å². The summed E-state index contributed by atoms with van der Waals surface area (Å²) < 4.78 is 12.9. The van der Waals surface area contributed by atoms with Gasteiger partial charge in [-0.1, -0.05) is 15.9 Å². The highest BCUT2D eigenvalue weighted by Gasteiger charge is 2.54. The number of aliphatic carboxylic acids is 1. The van der Waals surface area contributed by atoms with Crippen molar-refractivity contribution in [1.29, 1.82) is 0 Å². The van der Waals surface area contributed by atoms with Gasteiger partial charge in [0.2, 0.25) is 0 Å². The van der Waals surface area contributed by atoms with E-state index >= 15 is 0 Å². The van der Waals surface area contributed by atoms with Crippen LogP contribution in [0.25, 0.3) is 0 Å². The lowest BCUT2D eigenvalue weighted by molar-refractivity contribution is -0.137. The van der Waals surface area contributed by atoms with E-state index in [4.69, 9.17) is 14.6 Å². The molecule has 0 heterocycles. The van der Waals surface area contributed by atoms with Crippen LogP contribution in [0.5, 0.6) is 5.75 Å². The van der Waals surface area contributed by atoms with E-state index in [1.54, 1.807) is 7.11 Å². The van der Waals surface area contributed by atoms with Crippen LogP contribution >= 0.6 is 15.9 Å². The zero-order chi connectivity index (χ0) is 17.2. The molecule has 0 radical (unpaired) electrons. The number of halogens is 1. The number of methoxy groups -OCH3 is 1. The Balaban J connectivity index is 1.59. The zero-order valence-corrected chi connectivity index (χ0v) is 15.7. The fourth-order valence-corrected chi connectivity index (χ4v) is 4.92. The van der Waals surface area contributed by atoms with Crippen molar-refractivity contribution in [2.75, 3.05) is 7.11 Å². The van der Waals surface area contributed by atoms with Gasteiger partial charge in [0.15, 0.2) is 0 Å². The molecule has 2 bridgehead atoms. The molecule has 5 heteroatoms. The van der Waals surface area contributed by atoms with Crippen LogP contribution in [0.1, 0.15) is 56.9 Å². The molecule has 2 fully saturated rings. The molecule has 4 nitrogen and oxygen atoms in total. The molecule has 3 rings (SSSR count). The van der Waals surface area contributed by atoms with Crippen molar-refractivity contribution >= 4 is 21.9 Å². The Morgan fingerprint density at radius 3 is 2.71 bits per heavy atom. The second kappa shape index (κ2) is 7.04. The molecule has 1 N–H and O–H groups in total. The minimum atomic E-state index is -0.688. The maximum absolute atomic E-state index is 10.7. The van der Waals surface area contributed by atoms with Gasteiger partial charge >= 0.3 is 5.97 Å². The molecular formula is C19H25BrO4. The highest BCUT2D eigenvalue weighted by molar-refractivity contribution is 9.10. The zero-order valence-electron chi connectivity index (χ0n) is 14.1. The van der Waals surface area contributed by atoms with E-state index in [1.165, 1.54) is 12.8 Å². The third-order valence-electron chi connectivity index (χ3n) is 5.79. The second-order valence-corrected chi connectivity index (χ2v) is 8.27. The van der Waals surface area contributed by atoms with Crippen molar-refractivity contribution < 1.29 is 19.4 Å². The number of carboxylic acids is 1. The Bertz CT molecular complexity index is 605. The smallest absolute Gasteiger partial charge is 0.303 e. The average molecular weight is 397 g/mol. The van der Waals surface area contributed by atoms with Crippen molar-refractivity contribution in [1.82, 2.24) is 0 Å². The molecule has 0 amide bonds. The summed E-state index contributed by atoms with van der Waals surface area (Å²) in [5, 5.41) is 8.85. The van der Waals surface area contributed by atoms with E-state index in [2.05, 4.69) is 22.0 Å². The van der Waals surface area contributed by atoms with Gasteiger partial charge in [0.1, 0.15) is 5.75 Å². The lowest BCUT2D eigenvalue weighted by Crippen LogP contribution is -2.26. The van der Waals surface area contributed by atoms with Crippen molar-refractivity contribution in [3.63, 3.8) is 0 Å². The Kier molecular flexibility index (Phi) is 5.21. The number of carbonyl (C=O) groups is 1. The fourth-order valence-electron chi connectivity index (χ4n) is 4.51. The van der Waals surface area contributed by atoms with Gasteiger partial charge in [0.05, 0.1) is 19.3 Å². The first-order valence-corrected chi connectivity index (χ1v) is 9.43. The van der Waals surface area contributed by atoms with Gasteiger partial charge in [-0.2, -0.15) is 0 Å². The summed E-state index contributed by atoms with van der Waals surface area (Å²) in [6, 6.07) is 5.98. The molecule has 0 unspecified atom stereocenters. The molecule has 1 aromatic carbocycles. The number of hydrogen-bond donors (Lipinski definition) is 1. The van der Waals surface area contributed by atoms with Gasteiger partial charge in [-0.15, -0.1) is 0 Å². The lowest BCUT2D eigenvalue weighted by atomic mass is 9.80. The first-order chi connectivity index (χ1) is 11.5. The van der Waals surface area contributed by atoms with Gasteiger partial charge in [-0.3, -0.25) is 4.79 Å². The topological polar surface area (TPSA) is 55.8 Å². The van der Waals surface area contributed by atoms with E-state index < -0.39 is 5.97 Å². The normalized spacial score (nSPS) is 28.2. The highest BCUT2D eigenvalue weighted by atomic mass is 79.9. The lowest BCUT2D eigenvalue weighted by Gasteiger charge is -2.28. The van der Waals surface area contributed by atoms with Crippen LogP contribution in [0.15, 0.2) is 22.7 Å². The molecule has 2 aliphatic rings. The molecule has 0 aliphatic heterocycles. The van der Waals surface area contributed by atoms with Crippen LogP contribution in [0, 0.1) is 5.41 Å². The van der Waals surface area contributed by atoms with Crippen LogP contribution in [-0.2, 0) is 16.1 Å². The monoisotopic (exact) mass is 396 g/mol. The largest absolute Gasteiger partial charge is 0.496 e. The molecule has 2 aliphatic carbocycles. The van der Waals surface area contributed by atoms with Crippen LogP contribution in [-0.4, -0.2) is 23.8 Å². The van der Waals surface area contributed by atoms with Gasteiger partial charge in [0.25, 0.3) is 0 Å². The standard InChI is InChI=1S/C19H25BrO4/c1-23-16-5-4-15(20)11-14(16)12-24-19-9-7-18(13-19,8-10-19)6-2-3-17(21)22/h4-5,11H,2-3,6-10,12-13H2,1H3,(H,21,22). The fraction of sp³-hybridized carbons (Fsp3) is 0.632. The van der Waals surface area contributed by atoms with Crippen LogP contribution in [0.3, 0.4) is 0 Å². The van der Waals surface area contributed by atoms with Crippen LogP contribution in [0.4, 0.5) is 0 Å². The third kappa shape index (κ3) is 3.77. The molecule has 0 atom stereocenters. The van der Waals surface area contributed by atoms with E-state index in [0.717, 1.165) is 47.9 Å². The molecule has 2 saturated carbocycles. The van der Waals surface area contributed by atoms with Crippen LogP contribution < -0.4 is 4.74 Å². The maximum atomic E-state index is 10.7. The minimum absolute atomic E-state index is 0.0173. The molecular weight excluding hydrogens is 372 g/mol. The maximum Gasteiger partial charge on any atom is 0.303 e. The summed E-state index contributed by atoms with van der Waals surface area (Å²) in [5.74, 6) is 0.171. The first-order valence-electron chi connectivity index (χ1n) is 8.64. The molecule has 0 saturated heterocycles. The van der Waals surface area contributed by atoms with Gasteiger partial charge in [-0.25, -0.2) is 0 Å². The van der Waals surface area contributed by atoms with E-state index in [1.807, 2.05) is 12.1 Å². The molecule has 0 aromatic heterocycles. The van der Waals surface area contributed by atoms with Gasteiger partial charge in [-0.05, 0) is 68.6 Å². The van der Waals surface area contributed by atoms with Gasteiger partial charge in [0, 0.05) is 16.5 Å². The van der Waals surface area contributed by atoms with E-state index in [9.17, 15) is 4.79 Å². The van der Waals surface area contributed by atoms with E-state index in [-0.39, 0.29) is 12.0 Å². The summed E-state index contributed by atoms with van der Waals surface area (Å²) >= 11 is 3.51. The highest BCUT2D eigenvalue weighted by Crippen LogP contribution is 2.60. The molecule has 1 aromatic rings. The second-order valence-electron chi connectivity index (χ2n) is 7.35. The Labute approximate surface area is 151 Å². The molecule has 0 spiro atoms. The number of fused-ring (bicyclic) bond motifs is 2. The SMILES string of the molecule is COc1ccc(Br)cc1COC12CCC(CCCC(=O)O)(CC1)C2. The Morgan fingerprint density at radius 1 is 1.29 bits per heavy atom. The van der Waals surface area contributed by atoms with Crippen LogP contribution in [0.2, 0.25) is 0 Å². The first kappa shape index (κ1) is 17.7. The number of hydrogen-bond acceptors (Lipinski definition) is 3. The predicted octanol–water partition coefficient (Wildman–Crippen LogP) is 4.93. The molecule has 24 heavy (non-hydrogen) atoms. The number of rotatable bonds is 8.